The van der Waals surface area contributed by atoms with E-state index in [1.807, 2.05) is 29.2 Å². The van der Waals surface area contributed by atoms with Crippen molar-refractivity contribution in [3.63, 3.8) is 0 Å². The van der Waals surface area contributed by atoms with Gasteiger partial charge in [0.2, 0.25) is 0 Å². The molecule has 1 aliphatic heterocycles. The largest absolute Gasteiger partial charge is 0.415 e. The van der Waals surface area contributed by atoms with Crippen LogP contribution < -0.4 is 0 Å². The number of carbonyl (C=O) groups is 1. The van der Waals surface area contributed by atoms with Crippen LogP contribution in [-0.2, 0) is 11.2 Å². The van der Waals surface area contributed by atoms with Gasteiger partial charge in [0.1, 0.15) is 5.76 Å². The third-order valence-electron chi connectivity index (χ3n) is 5.06. The lowest BCUT2D eigenvalue weighted by Gasteiger charge is -2.22. The highest BCUT2D eigenvalue weighted by Gasteiger charge is 2.37. The van der Waals surface area contributed by atoms with E-state index in [0.717, 1.165) is 37.1 Å². The zero-order valence-corrected chi connectivity index (χ0v) is 15.9. The average Bonchev–Trinajstić information content (AvgIpc) is 2.92. The minimum absolute atomic E-state index is 0.0465. The molecular formula is C23H27NO2. The van der Waals surface area contributed by atoms with Gasteiger partial charge in [-0.05, 0) is 48.6 Å². The number of aryl methyl sites for hydroxylation is 2. The van der Waals surface area contributed by atoms with E-state index in [9.17, 15) is 4.79 Å². The molecular weight excluding hydrogens is 322 g/mol. The summed E-state index contributed by atoms with van der Waals surface area (Å²) < 4.78 is 5.70. The van der Waals surface area contributed by atoms with Gasteiger partial charge in [-0.3, -0.25) is 4.90 Å². The SMILES string of the molecule is CCCCN1C(=O)O/C(=C\c2ccccc2C)C1Cc1ccccc1C. The second-order valence-corrected chi connectivity index (χ2v) is 6.96. The van der Waals surface area contributed by atoms with E-state index in [1.54, 1.807) is 0 Å². The van der Waals surface area contributed by atoms with Crippen molar-refractivity contribution in [2.45, 2.75) is 46.1 Å². The maximum atomic E-state index is 12.5. The Bertz CT molecular complexity index is 809. The molecule has 1 saturated heterocycles. The van der Waals surface area contributed by atoms with Gasteiger partial charge in [-0.1, -0.05) is 61.9 Å². The highest BCUT2D eigenvalue weighted by atomic mass is 16.6. The first-order chi connectivity index (χ1) is 12.6. The molecule has 0 radical (unpaired) electrons. The molecule has 0 spiro atoms. The molecule has 136 valence electrons. The fourth-order valence-electron chi connectivity index (χ4n) is 3.37. The van der Waals surface area contributed by atoms with Crippen molar-refractivity contribution in [1.82, 2.24) is 4.90 Å². The smallest absolute Gasteiger partial charge is 0.412 e. The Morgan fingerprint density at radius 3 is 2.42 bits per heavy atom. The number of ether oxygens (including phenoxy) is 1. The molecule has 0 bridgehead atoms. The van der Waals surface area contributed by atoms with Crippen molar-refractivity contribution < 1.29 is 9.53 Å². The van der Waals surface area contributed by atoms with Gasteiger partial charge in [0, 0.05) is 13.0 Å². The summed E-state index contributed by atoms with van der Waals surface area (Å²) in [6.45, 7) is 7.07. The van der Waals surface area contributed by atoms with Crippen LogP contribution in [-0.4, -0.2) is 23.6 Å². The monoisotopic (exact) mass is 349 g/mol. The maximum Gasteiger partial charge on any atom is 0.415 e. The Balaban J connectivity index is 1.95. The molecule has 1 fully saturated rings. The zero-order valence-electron chi connectivity index (χ0n) is 15.9. The lowest BCUT2D eigenvalue weighted by Crippen LogP contribution is -2.35. The number of amides is 1. The minimum Gasteiger partial charge on any atom is -0.412 e. The van der Waals surface area contributed by atoms with Crippen LogP contribution in [0.25, 0.3) is 6.08 Å². The number of carbonyl (C=O) groups excluding carboxylic acids is 1. The van der Waals surface area contributed by atoms with Gasteiger partial charge in [-0.25, -0.2) is 4.79 Å². The number of hydrogen-bond acceptors (Lipinski definition) is 2. The Morgan fingerprint density at radius 2 is 1.73 bits per heavy atom. The third-order valence-corrected chi connectivity index (χ3v) is 5.06. The number of unbranched alkanes of at least 4 members (excludes halogenated alkanes) is 1. The van der Waals surface area contributed by atoms with Gasteiger partial charge in [-0.2, -0.15) is 0 Å². The number of cyclic esters (lactones) is 1. The Hall–Kier alpha value is -2.55. The number of benzene rings is 2. The first-order valence-corrected chi connectivity index (χ1v) is 9.40. The van der Waals surface area contributed by atoms with E-state index >= 15 is 0 Å². The highest BCUT2D eigenvalue weighted by Crippen LogP contribution is 2.29. The number of hydrogen-bond donors (Lipinski definition) is 0. The second-order valence-electron chi connectivity index (χ2n) is 6.96. The quantitative estimate of drug-likeness (QED) is 0.688. The first-order valence-electron chi connectivity index (χ1n) is 9.40. The van der Waals surface area contributed by atoms with Gasteiger partial charge in [0.15, 0.2) is 0 Å². The zero-order chi connectivity index (χ0) is 18.5. The van der Waals surface area contributed by atoms with Crippen molar-refractivity contribution in [2.24, 2.45) is 0 Å². The van der Waals surface area contributed by atoms with Crippen LogP contribution in [0.5, 0.6) is 0 Å². The van der Waals surface area contributed by atoms with E-state index in [1.165, 1.54) is 16.7 Å². The highest BCUT2D eigenvalue weighted by molar-refractivity contribution is 5.76. The fraction of sp³-hybridized carbons (Fsp3) is 0.348. The molecule has 1 aliphatic rings. The summed E-state index contributed by atoms with van der Waals surface area (Å²) in [5.41, 5.74) is 4.78. The summed E-state index contributed by atoms with van der Waals surface area (Å²) in [6, 6.07) is 16.5. The molecule has 1 heterocycles. The van der Waals surface area contributed by atoms with Crippen LogP contribution in [0, 0.1) is 13.8 Å². The van der Waals surface area contributed by atoms with E-state index in [0.29, 0.717) is 0 Å². The standard InChI is InChI=1S/C23H27NO2/c1-4-5-14-24-21(15-19-12-8-6-10-17(19)2)22(26-23(24)25)16-20-13-9-7-11-18(20)3/h6-13,16,21H,4-5,14-15H2,1-3H3/b22-16-. The van der Waals surface area contributed by atoms with Crippen molar-refractivity contribution in [1.29, 1.82) is 0 Å². The number of rotatable bonds is 6. The van der Waals surface area contributed by atoms with Crippen LogP contribution in [0.3, 0.4) is 0 Å². The van der Waals surface area contributed by atoms with Crippen LogP contribution in [0.1, 0.15) is 42.0 Å². The van der Waals surface area contributed by atoms with Crippen molar-refractivity contribution >= 4 is 12.2 Å². The van der Waals surface area contributed by atoms with Crippen LogP contribution in [0.15, 0.2) is 54.3 Å². The molecule has 26 heavy (non-hydrogen) atoms. The third kappa shape index (κ3) is 3.98. The lowest BCUT2D eigenvalue weighted by atomic mass is 9.98. The van der Waals surface area contributed by atoms with E-state index in [4.69, 9.17) is 4.74 Å². The lowest BCUT2D eigenvalue weighted by molar-refractivity contribution is 0.164. The van der Waals surface area contributed by atoms with Crippen LogP contribution in [0.4, 0.5) is 4.79 Å². The summed E-state index contributed by atoms with van der Waals surface area (Å²) in [6.07, 6.45) is 4.62. The maximum absolute atomic E-state index is 12.5. The second kappa shape index (κ2) is 8.22. The number of nitrogens with zero attached hydrogens (tertiary/aromatic N) is 1. The topological polar surface area (TPSA) is 29.5 Å². The Morgan fingerprint density at radius 1 is 1.04 bits per heavy atom. The molecule has 1 atom stereocenters. The summed E-state index contributed by atoms with van der Waals surface area (Å²) >= 11 is 0. The normalized spacial score (nSPS) is 18.4. The molecule has 2 aromatic rings. The minimum atomic E-state index is -0.225. The molecule has 3 rings (SSSR count). The van der Waals surface area contributed by atoms with Gasteiger partial charge in [0.25, 0.3) is 0 Å². The molecule has 0 aliphatic carbocycles. The first kappa shape index (κ1) is 18.2. The summed E-state index contributed by atoms with van der Waals surface area (Å²) in [5, 5.41) is 0. The van der Waals surface area contributed by atoms with Crippen molar-refractivity contribution in [2.75, 3.05) is 6.54 Å². The van der Waals surface area contributed by atoms with E-state index in [2.05, 4.69) is 51.1 Å². The fourth-order valence-corrected chi connectivity index (χ4v) is 3.37. The summed E-state index contributed by atoms with van der Waals surface area (Å²) in [7, 11) is 0. The van der Waals surface area contributed by atoms with Gasteiger partial charge >= 0.3 is 6.09 Å². The van der Waals surface area contributed by atoms with Crippen molar-refractivity contribution in [3.8, 4) is 0 Å². The molecule has 3 heteroatoms. The van der Waals surface area contributed by atoms with Gasteiger partial charge in [-0.15, -0.1) is 0 Å². The average molecular weight is 349 g/mol. The molecule has 0 saturated carbocycles. The van der Waals surface area contributed by atoms with Gasteiger partial charge in [0.05, 0.1) is 6.04 Å². The van der Waals surface area contributed by atoms with Crippen LogP contribution in [0.2, 0.25) is 0 Å². The molecule has 1 amide bonds. The van der Waals surface area contributed by atoms with E-state index < -0.39 is 0 Å². The molecule has 0 aromatic heterocycles. The molecule has 3 nitrogen and oxygen atoms in total. The Labute approximate surface area is 156 Å². The molecule has 0 N–H and O–H groups in total. The molecule has 2 aromatic carbocycles. The Kier molecular flexibility index (Phi) is 5.77. The predicted octanol–water partition coefficient (Wildman–Crippen LogP) is 5.51. The predicted molar refractivity (Wildman–Crippen MR) is 106 cm³/mol. The summed E-state index contributed by atoms with van der Waals surface area (Å²) in [4.78, 5) is 14.4. The summed E-state index contributed by atoms with van der Waals surface area (Å²) in [5.74, 6) is 0.753. The molecule has 1 unspecified atom stereocenters. The van der Waals surface area contributed by atoms with Gasteiger partial charge < -0.3 is 4.74 Å². The van der Waals surface area contributed by atoms with Crippen LogP contribution >= 0.6 is 0 Å². The van der Waals surface area contributed by atoms with Crippen molar-refractivity contribution in [3.05, 3.63) is 76.5 Å². The van der Waals surface area contributed by atoms with E-state index in [-0.39, 0.29) is 12.1 Å².